The van der Waals surface area contributed by atoms with Gasteiger partial charge in [0, 0.05) is 6.54 Å². The second kappa shape index (κ2) is 6.99. The Balaban J connectivity index is 2.57. The molecular formula is C13H17ClN2O3. The van der Waals surface area contributed by atoms with Crippen LogP contribution in [0.3, 0.4) is 0 Å². The second-order valence-corrected chi connectivity index (χ2v) is 4.97. The smallest absolute Gasteiger partial charge is 0.335 e. The molecule has 0 unspecified atom stereocenters. The summed E-state index contributed by atoms with van der Waals surface area (Å²) >= 11 is 5.90. The highest BCUT2D eigenvalue weighted by Gasteiger charge is 2.09. The van der Waals surface area contributed by atoms with E-state index in [1.807, 2.05) is 0 Å². The average molecular weight is 285 g/mol. The lowest BCUT2D eigenvalue weighted by atomic mass is 10.1. The lowest BCUT2D eigenvalue weighted by Crippen LogP contribution is -2.30. The predicted molar refractivity (Wildman–Crippen MR) is 74.9 cm³/mol. The molecule has 0 aromatic heterocycles. The van der Waals surface area contributed by atoms with Crippen molar-refractivity contribution in [2.75, 3.05) is 11.9 Å². The van der Waals surface area contributed by atoms with Crippen LogP contribution in [-0.2, 0) is 0 Å². The average Bonchev–Trinajstić information content (AvgIpc) is 2.31. The number of carboxylic acid groups (broad SMARTS) is 1. The third kappa shape index (κ3) is 5.18. The third-order valence-electron chi connectivity index (χ3n) is 2.47. The van der Waals surface area contributed by atoms with Crippen LogP contribution in [0.15, 0.2) is 18.2 Å². The van der Waals surface area contributed by atoms with Gasteiger partial charge in [0.15, 0.2) is 0 Å². The minimum Gasteiger partial charge on any atom is -0.478 e. The highest BCUT2D eigenvalue weighted by atomic mass is 35.5. The van der Waals surface area contributed by atoms with Gasteiger partial charge in [0.2, 0.25) is 0 Å². The lowest BCUT2D eigenvalue weighted by molar-refractivity contribution is 0.0697. The van der Waals surface area contributed by atoms with Gasteiger partial charge >= 0.3 is 12.0 Å². The zero-order chi connectivity index (χ0) is 14.4. The summed E-state index contributed by atoms with van der Waals surface area (Å²) in [5.74, 6) is -0.548. The molecule has 0 aliphatic heterocycles. The topological polar surface area (TPSA) is 78.4 Å². The van der Waals surface area contributed by atoms with Gasteiger partial charge in [-0.15, -0.1) is 0 Å². The van der Waals surface area contributed by atoms with E-state index in [9.17, 15) is 9.59 Å². The molecule has 0 bridgehead atoms. The van der Waals surface area contributed by atoms with Crippen LogP contribution in [0.2, 0.25) is 5.02 Å². The molecule has 1 aromatic carbocycles. The van der Waals surface area contributed by atoms with E-state index in [1.165, 1.54) is 18.2 Å². The molecule has 104 valence electrons. The van der Waals surface area contributed by atoms with Crippen molar-refractivity contribution in [3.63, 3.8) is 0 Å². The fraction of sp³-hybridized carbons (Fsp3) is 0.385. The molecule has 0 heterocycles. The van der Waals surface area contributed by atoms with Gasteiger partial charge in [-0.05, 0) is 30.5 Å². The number of carbonyl (C=O) groups excluding carboxylic acids is 1. The first kappa shape index (κ1) is 15.3. The zero-order valence-corrected chi connectivity index (χ0v) is 11.6. The van der Waals surface area contributed by atoms with Gasteiger partial charge in [-0.1, -0.05) is 25.4 Å². The summed E-state index contributed by atoms with van der Waals surface area (Å²) in [5, 5.41) is 14.3. The van der Waals surface area contributed by atoms with Crippen LogP contribution in [0, 0.1) is 5.92 Å². The van der Waals surface area contributed by atoms with Crippen molar-refractivity contribution < 1.29 is 14.7 Å². The van der Waals surface area contributed by atoms with Crippen molar-refractivity contribution in [3.05, 3.63) is 28.8 Å². The van der Waals surface area contributed by atoms with E-state index in [2.05, 4.69) is 24.5 Å². The molecule has 5 nitrogen and oxygen atoms in total. The number of hydrogen-bond donors (Lipinski definition) is 3. The van der Waals surface area contributed by atoms with E-state index in [1.54, 1.807) is 0 Å². The number of aromatic carboxylic acids is 1. The van der Waals surface area contributed by atoms with Gasteiger partial charge in [0.05, 0.1) is 16.3 Å². The molecule has 1 aromatic rings. The normalized spacial score (nSPS) is 10.3. The van der Waals surface area contributed by atoms with Crippen LogP contribution in [0.25, 0.3) is 0 Å². The Labute approximate surface area is 117 Å². The number of rotatable bonds is 5. The van der Waals surface area contributed by atoms with Gasteiger partial charge in [-0.25, -0.2) is 9.59 Å². The standard InChI is InChI=1S/C13H17ClN2O3/c1-8(2)5-6-15-13(19)16-11-4-3-9(12(17)18)7-10(11)14/h3-4,7-8H,5-6H2,1-2H3,(H,17,18)(H2,15,16,19). The van der Waals surface area contributed by atoms with Crippen LogP contribution in [-0.4, -0.2) is 23.7 Å². The highest BCUT2D eigenvalue weighted by Crippen LogP contribution is 2.22. The Bertz CT molecular complexity index is 475. The summed E-state index contributed by atoms with van der Waals surface area (Å²) < 4.78 is 0. The number of urea groups is 1. The van der Waals surface area contributed by atoms with E-state index in [-0.39, 0.29) is 16.6 Å². The van der Waals surface area contributed by atoms with Crippen LogP contribution in [0.1, 0.15) is 30.6 Å². The number of hydrogen-bond acceptors (Lipinski definition) is 2. The maximum atomic E-state index is 11.6. The quantitative estimate of drug-likeness (QED) is 0.777. The fourth-order valence-electron chi connectivity index (χ4n) is 1.39. The number of carbonyl (C=O) groups is 2. The second-order valence-electron chi connectivity index (χ2n) is 4.56. The predicted octanol–water partition coefficient (Wildman–Crippen LogP) is 3.21. The molecule has 19 heavy (non-hydrogen) atoms. The van der Waals surface area contributed by atoms with Crippen molar-refractivity contribution in [1.29, 1.82) is 0 Å². The van der Waals surface area contributed by atoms with E-state index in [0.29, 0.717) is 18.2 Å². The maximum Gasteiger partial charge on any atom is 0.335 e. The largest absolute Gasteiger partial charge is 0.478 e. The molecule has 6 heteroatoms. The minimum absolute atomic E-state index is 0.0794. The van der Waals surface area contributed by atoms with Gasteiger partial charge in [-0.3, -0.25) is 0 Å². The summed E-state index contributed by atoms with van der Waals surface area (Å²) in [4.78, 5) is 22.3. The van der Waals surface area contributed by atoms with E-state index in [0.717, 1.165) is 6.42 Å². The summed E-state index contributed by atoms with van der Waals surface area (Å²) in [6.07, 6.45) is 0.888. The Hall–Kier alpha value is -1.75. The van der Waals surface area contributed by atoms with Crippen LogP contribution < -0.4 is 10.6 Å². The number of halogens is 1. The molecule has 0 radical (unpaired) electrons. The van der Waals surface area contributed by atoms with Crippen LogP contribution in [0.4, 0.5) is 10.5 Å². The third-order valence-corrected chi connectivity index (χ3v) is 2.78. The Kier molecular flexibility index (Phi) is 5.63. The number of benzene rings is 1. The van der Waals surface area contributed by atoms with Crippen molar-refractivity contribution >= 4 is 29.3 Å². The molecule has 0 fully saturated rings. The Morgan fingerprint density at radius 3 is 2.58 bits per heavy atom. The van der Waals surface area contributed by atoms with E-state index < -0.39 is 5.97 Å². The number of amides is 2. The highest BCUT2D eigenvalue weighted by molar-refractivity contribution is 6.34. The summed E-state index contributed by atoms with van der Waals surface area (Å²) in [7, 11) is 0. The van der Waals surface area contributed by atoms with Gasteiger partial charge in [0.25, 0.3) is 0 Å². The van der Waals surface area contributed by atoms with E-state index >= 15 is 0 Å². The number of carboxylic acids is 1. The first-order valence-corrected chi connectivity index (χ1v) is 6.35. The summed E-state index contributed by atoms with van der Waals surface area (Å²) in [5.41, 5.74) is 0.462. The van der Waals surface area contributed by atoms with Crippen LogP contribution >= 0.6 is 11.6 Å². The molecule has 0 aliphatic rings. The maximum absolute atomic E-state index is 11.6. The van der Waals surface area contributed by atoms with Crippen LogP contribution in [0.5, 0.6) is 0 Å². The summed E-state index contributed by atoms with van der Waals surface area (Å²) in [6, 6.07) is 3.80. The number of anilines is 1. The molecule has 3 N–H and O–H groups in total. The van der Waals surface area contributed by atoms with E-state index in [4.69, 9.17) is 16.7 Å². The number of nitrogens with one attached hydrogen (secondary N) is 2. The van der Waals surface area contributed by atoms with Crippen molar-refractivity contribution in [3.8, 4) is 0 Å². The minimum atomic E-state index is -1.06. The van der Waals surface area contributed by atoms with Gasteiger partial charge < -0.3 is 15.7 Å². The molecule has 2 amide bonds. The Morgan fingerprint density at radius 1 is 1.37 bits per heavy atom. The molecule has 0 saturated heterocycles. The van der Waals surface area contributed by atoms with Crippen molar-refractivity contribution in [2.45, 2.75) is 20.3 Å². The molecule has 0 saturated carbocycles. The monoisotopic (exact) mass is 284 g/mol. The zero-order valence-electron chi connectivity index (χ0n) is 10.9. The van der Waals surface area contributed by atoms with Gasteiger partial charge in [0.1, 0.15) is 0 Å². The molecular weight excluding hydrogens is 268 g/mol. The summed E-state index contributed by atoms with van der Waals surface area (Å²) in [6.45, 7) is 4.72. The molecule has 1 rings (SSSR count). The molecule has 0 spiro atoms. The Morgan fingerprint density at radius 2 is 2.05 bits per heavy atom. The molecule has 0 aliphatic carbocycles. The SMILES string of the molecule is CC(C)CCNC(=O)Nc1ccc(C(=O)O)cc1Cl. The first-order chi connectivity index (χ1) is 8.90. The molecule has 0 atom stereocenters. The van der Waals surface area contributed by atoms with Crippen molar-refractivity contribution in [2.24, 2.45) is 5.92 Å². The van der Waals surface area contributed by atoms with Crippen molar-refractivity contribution in [1.82, 2.24) is 5.32 Å². The lowest BCUT2D eigenvalue weighted by Gasteiger charge is -2.10. The van der Waals surface area contributed by atoms with Gasteiger partial charge in [-0.2, -0.15) is 0 Å². The first-order valence-electron chi connectivity index (χ1n) is 5.98. The fourth-order valence-corrected chi connectivity index (χ4v) is 1.62.